The quantitative estimate of drug-likeness (QED) is 0.0121. The molecule has 0 radical (unpaired) electrons. The maximum absolute atomic E-state index is 14.2. The van der Waals surface area contributed by atoms with E-state index in [0.29, 0.717) is 50.3 Å². The number of aliphatic carboxylic acids is 1. The Bertz CT molecular complexity index is 7460. The molecule has 11 N–H and O–H groups in total. The third kappa shape index (κ3) is 31.7. The molecule has 768 valence electrons. The third-order valence-corrected chi connectivity index (χ3v) is 25.2. The van der Waals surface area contributed by atoms with E-state index in [2.05, 4.69) is 128 Å². The number of benzene rings is 10. The van der Waals surface area contributed by atoms with Gasteiger partial charge in [0.2, 0.25) is 5.91 Å². The van der Waals surface area contributed by atoms with E-state index in [-0.39, 0.29) is 93.5 Å². The van der Waals surface area contributed by atoms with Crippen LogP contribution in [0.25, 0.3) is 71.9 Å². The standard InChI is InChI=1S/C32H27F3N4O2.C20H16F3N3O.C14H18N2O2.C13H15NO2.C12H13NO2.C10H11N.C9H11NO2.C3H5BrO2.H2O/c1-18-10-22-7-9-39(29(22)11-19(18)2)17-30(40)38-28(14-20-12-23(33)16-24(34)13-20)31-25(4-3-8-37-31)21-5-6-27(35)26(15-21)32(36)41;21-13-6-11(7-14(22)10-13)8-18(24)19-15(2-1-5-26-19)12-3-4-17(23)16(9-12)20(25)27;1-11-9-13(5-8-15-6-3-4-7-15)14(16(17)18)10-12(11)2;1-9-6-11-4-5-14(8-13(15)16-3)12(11)7-10(9)2;1-8-5-10-3-4-13(7-12(14)15)11(10)6-9(8)2;1-7-5-9-3-4-11-10(9)6-8(7)2;1-6-4-8(3)9(10(11)12)5-7(6)2;1-6-3(5)2-4;/h3-13,15-16,28H,14,17H2,1-2H3,(H2,36,41)(H,38,40);1-7,9-10,18H,8,24H2,(H2,25,27);5,8-10H,3-4,6-7H2,1-2H3;4-7H,8H2,1-3H3;3-6H,7H2,1-2H3,(H,14,15);3-6,11H,1-2H3;4-5H,1-3H3;2H2,1H3;1H2/b;;8-5+;;;;;;/t28-;;;;;;;;/m0......../s1. The maximum Gasteiger partial charge on any atom is 0.325 e. The number of carboxylic acids is 1. The largest absolute Gasteiger partial charge is 0.480 e. The van der Waals surface area contributed by atoms with Crippen molar-refractivity contribution >= 4 is 113 Å². The number of primary amides is 2. The van der Waals surface area contributed by atoms with Crippen molar-refractivity contribution in [3.63, 3.8) is 0 Å². The first-order valence-corrected chi connectivity index (χ1v) is 47.5. The number of ether oxygens (including phenoxy) is 2. The fourth-order valence-electron chi connectivity index (χ4n) is 16.2. The van der Waals surface area contributed by atoms with E-state index in [1.54, 1.807) is 47.9 Å². The number of nitrogens with two attached hydrogens (primary N) is 3. The number of aromatic nitrogens is 6. The van der Waals surface area contributed by atoms with E-state index in [4.69, 9.17) is 22.3 Å². The number of carbonyl (C=O) groups is 6. The topological polar surface area (TPSA) is 409 Å². The number of pyridine rings is 2. The molecule has 27 nitrogen and oxygen atoms in total. The zero-order valence-corrected chi connectivity index (χ0v) is 85.7. The maximum atomic E-state index is 14.2. The number of hydrogen-bond acceptors (Lipinski definition) is 16. The van der Waals surface area contributed by atoms with Crippen molar-refractivity contribution in [2.45, 2.75) is 147 Å². The summed E-state index contributed by atoms with van der Waals surface area (Å²) in [5.74, 6) is -7.83. The molecular weight excluding hydrogens is 1960 g/mol. The van der Waals surface area contributed by atoms with Crippen LogP contribution in [0.1, 0.15) is 146 Å². The van der Waals surface area contributed by atoms with Crippen molar-refractivity contribution in [2.24, 2.45) is 17.2 Å². The lowest BCUT2D eigenvalue weighted by Gasteiger charge is -2.22. The molecular formula is C113H118BrF6N13O14. The van der Waals surface area contributed by atoms with Gasteiger partial charge < -0.3 is 66.2 Å². The minimum Gasteiger partial charge on any atom is -0.480 e. The number of carboxylic acid groups (broad SMARTS) is 1. The molecule has 0 saturated carbocycles. The number of carbonyl (C=O) groups excluding carboxylic acids is 5. The summed E-state index contributed by atoms with van der Waals surface area (Å²) in [7, 11) is 2.76. The van der Waals surface area contributed by atoms with Crippen LogP contribution in [0.5, 0.6) is 0 Å². The lowest BCUT2D eigenvalue weighted by atomic mass is 9.94. The summed E-state index contributed by atoms with van der Waals surface area (Å²) in [6.45, 7) is 28.4. The van der Waals surface area contributed by atoms with Crippen molar-refractivity contribution in [1.82, 2.24) is 38.9 Å². The van der Waals surface area contributed by atoms with Gasteiger partial charge in [0.05, 0.1) is 64.2 Å². The van der Waals surface area contributed by atoms with E-state index in [0.717, 1.165) is 109 Å². The number of hydrogen-bond donors (Lipinski definition) is 6. The van der Waals surface area contributed by atoms with E-state index in [9.17, 15) is 75.3 Å². The van der Waals surface area contributed by atoms with Crippen LogP contribution in [0, 0.1) is 145 Å². The summed E-state index contributed by atoms with van der Waals surface area (Å²) in [6.07, 6.45) is 17.0. The number of nitrogens with one attached hydrogen (secondary N) is 2. The van der Waals surface area contributed by atoms with Crippen LogP contribution >= 0.6 is 15.9 Å². The Kier molecular flexibility index (Phi) is 41.1. The summed E-state index contributed by atoms with van der Waals surface area (Å²) < 4.78 is 97.3. The molecule has 6 aromatic heterocycles. The average molecular weight is 2080 g/mol. The van der Waals surface area contributed by atoms with Crippen LogP contribution in [0.2, 0.25) is 0 Å². The van der Waals surface area contributed by atoms with E-state index in [1.165, 1.54) is 132 Å². The normalized spacial score (nSPS) is 11.6. The number of alkyl halides is 1. The van der Waals surface area contributed by atoms with Gasteiger partial charge in [-0.1, -0.05) is 40.2 Å². The highest BCUT2D eigenvalue weighted by Crippen LogP contribution is 2.35. The molecule has 10 aromatic carbocycles. The van der Waals surface area contributed by atoms with Gasteiger partial charge in [-0.25, -0.2) is 26.3 Å². The number of likely N-dealkylation sites (tertiary alicyclic amines) is 1. The molecule has 1 saturated heterocycles. The van der Waals surface area contributed by atoms with Gasteiger partial charge in [0.15, 0.2) is 0 Å². The number of methoxy groups -OCH3 is 2. The summed E-state index contributed by atoms with van der Waals surface area (Å²) >= 11 is 2.90. The Labute approximate surface area is 855 Å². The number of nitro benzene ring substituents is 2. The average Bonchev–Trinajstić information content (AvgIpc) is 0.860. The Morgan fingerprint density at radius 1 is 0.476 bits per heavy atom. The van der Waals surface area contributed by atoms with Crippen molar-refractivity contribution < 1.29 is 85.0 Å². The number of fused-ring (bicyclic) bond motifs is 4. The highest BCUT2D eigenvalue weighted by molar-refractivity contribution is 9.09. The van der Waals surface area contributed by atoms with Crippen LogP contribution in [0.4, 0.5) is 37.7 Å². The van der Waals surface area contributed by atoms with Gasteiger partial charge in [0.1, 0.15) is 59.9 Å². The Balaban J connectivity index is 0.000000198. The van der Waals surface area contributed by atoms with Crippen LogP contribution in [-0.2, 0) is 61.1 Å². The molecule has 0 bridgehead atoms. The van der Waals surface area contributed by atoms with Gasteiger partial charge in [-0.15, -0.1) is 0 Å². The zero-order chi connectivity index (χ0) is 107. The van der Waals surface area contributed by atoms with E-state index >= 15 is 0 Å². The fraction of sp³-hybridized carbons (Fsp3) is 0.239. The first-order chi connectivity index (χ1) is 69.3. The molecule has 3 amide bonds. The number of nitro groups is 2. The summed E-state index contributed by atoms with van der Waals surface area (Å²) in [5.41, 5.74) is 39.7. The monoisotopic (exact) mass is 2070 g/mol. The second kappa shape index (κ2) is 52.9. The molecule has 7 heterocycles. The first kappa shape index (κ1) is 114. The molecule has 1 fully saturated rings. The van der Waals surface area contributed by atoms with Gasteiger partial charge in [-0.05, 0) is 384 Å². The van der Waals surface area contributed by atoms with Gasteiger partial charge in [-0.2, -0.15) is 0 Å². The van der Waals surface area contributed by atoms with Gasteiger partial charge in [-0.3, -0.25) is 59.0 Å². The van der Waals surface area contributed by atoms with Crippen molar-refractivity contribution in [2.75, 3.05) is 32.6 Å². The number of rotatable bonds is 22. The molecule has 0 aliphatic carbocycles. The van der Waals surface area contributed by atoms with Gasteiger partial charge >= 0.3 is 17.9 Å². The van der Waals surface area contributed by atoms with E-state index < -0.39 is 64.8 Å². The molecule has 16 aromatic rings. The Morgan fingerprint density at radius 3 is 1.32 bits per heavy atom. The predicted molar refractivity (Wildman–Crippen MR) is 565 cm³/mol. The molecule has 1 aliphatic rings. The number of aromatic amines is 1. The summed E-state index contributed by atoms with van der Waals surface area (Å²) in [4.78, 5) is 103. The lowest BCUT2D eigenvalue weighted by molar-refractivity contribution is -0.385. The Hall–Kier alpha value is -16.2. The number of aryl methyl sites for hydroxylation is 13. The number of nitrogens with zero attached hydrogens (tertiary/aromatic N) is 8. The number of halogens is 7. The second-order valence-corrected chi connectivity index (χ2v) is 36.0. The van der Waals surface area contributed by atoms with Crippen LogP contribution in [0.15, 0.2) is 238 Å². The van der Waals surface area contributed by atoms with Gasteiger partial charge in [0, 0.05) is 113 Å². The number of amides is 3. The van der Waals surface area contributed by atoms with Crippen molar-refractivity contribution in [3.05, 3.63) is 404 Å². The minimum absolute atomic E-state index is 0. The highest BCUT2D eigenvalue weighted by atomic mass is 79.9. The number of H-pyrrole nitrogens is 1. The Morgan fingerprint density at radius 2 is 0.878 bits per heavy atom. The predicted octanol–water partition coefficient (Wildman–Crippen LogP) is 22.5. The molecule has 1 unspecified atom stereocenters. The smallest absolute Gasteiger partial charge is 0.325 e. The molecule has 1 aliphatic heterocycles. The van der Waals surface area contributed by atoms with Crippen LogP contribution in [-0.4, -0.2) is 122 Å². The molecule has 0 spiro atoms. The van der Waals surface area contributed by atoms with E-state index in [1.807, 2.05) is 137 Å². The first-order valence-electron chi connectivity index (χ1n) is 46.4. The number of esters is 2. The van der Waals surface area contributed by atoms with Gasteiger partial charge in [0.25, 0.3) is 23.2 Å². The lowest BCUT2D eigenvalue weighted by Crippen LogP contribution is -2.33. The van der Waals surface area contributed by atoms with Crippen molar-refractivity contribution in [1.29, 1.82) is 0 Å². The van der Waals surface area contributed by atoms with Crippen LogP contribution < -0.4 is 22.5 Å². The molecule has 147 heavy (non-hydrogen) atoms. The fourth-order valence-corrected chi connectivity index (χ4v) is 16.4. The summed E-state index contributed by atoms with van der Waals surface area (Å²) in [6, 6.07) is 51.3. The molecule has 34 heteroatoms. The van der Waals surface area contributed by atoms with Crippen LogP contribution in [0.3, 0.4) is 0 Å². The third-order valence-electron chi connectivity index (χ3n) is 24.8. The SMILES string of the molecule is COC(=O)CBr.COC(=O)Cn1ccc2cc(C)c(C)cc21.Cc1cc(/C=C/N2CCCC2)c([N+](=O)[O-])cc1C.Cc1cc(C)c([N+](=O)[O-])cc1C.Cc1cc2cc[nH]c2cc1C.Cc1cc2ccn(CC(=O)N[C@@H](Cc3cc(F)cc(F)c3)c3ncccc3-c3ccc(F)c(C(N)=O)c3)c2cc1C.Cc1cc2ccn(CC(=O)O)c2cc1C.NC(=O)c1cc(-c2cccnc2C(N)Cc2cc(F)cc(F)c2)ccc1F.O. The molecule has 2 atom stereocenters. The second-order valence-electron chi connectivity index (χ2n) is 35.5. The highest BCUT2D eigenvalue weighted by Gasteiger charge is 2.26. The zero-order valence-electron chi connectivity index (χ0n) is 84.1. The summed E-state index contributed by atoms with van der Waals surface area (Å²) in [5, 5.41) is 38.1. The van der Waals surface area contributed by atoms with Crippen molar-refractivity contribution in [3.8, 4) is 22.3 Å². The molecule has 17 rings (SSSR count). The minimum atomic E-state index is -0.931.